The number of carbonyl (C=O) groups excluding carboxylic acids is 1. The van der Waals surface area contributed by atoms with Gasteiger partial charge in [0.15, 0.2) is 5.78 Å². The van der Waals surface area contributed by atoms with E-state index in [0.717, 1.165) is 19.3 Å². The highest BCUT2D eigenvalue weighted by Crippen LogP contribution is 2.37. The predicted octanol–water partition coefficient (Wildman–Crippen LogP) is 1.73. The first kappa shape index (κ1) is 22.5. The van der Waals surface area contributed by atoms with E-state index in [1.54, 1.807) is 0 Å². The maximum absolute atomic E-state index is 12.8. The molecule has 6 nitrogen and oxygen atoms in total. The fourth-order valence-electron chi connectivity index (χ4n) is 4.36. The topological polar surface area (TPSA) is 107 Å². The normalized spacial score (nSPS) is 37.3. The van der Waals surface area contributed by atoms with Gasteiger partial charge in [-0.15, -0.1) is 0 Å². The summed E-state index contributed by atoms with van der Waals surface area (Å²) in [6.45, 7) is 3.80. The minimum atomic E-state index is -1.45. The monoisotopic (exact) mass is 384 g/mol. The zero-order valence-electron chi connectivity index (χ0n) is 16.6. The first-order valence-electron chi connectivity index (χ1n) is 10.5. The van der Waals surface area contributed by atoms with Gasteiger partial charge in [0, 0.05) is 12.0 Å². The Labute approximate surface area is 162 Å². The van der Waals surface area contributed by atoms with E-state index >= 15 is 0 Å². The van der Waals surface area contributed by atoms with Gasteiger partial charge in [0.1, 0.15) is 30.5 Å². The van der Waals surface area contributed by atoms with Gasteiger partial charge in [-0.3, -0.25) is 4.79 Å². The van der Waals surface area contributed by atoms with Crippen molar-refractivity contribution in [2.24, 2.45) is 11.8 Å². The summed E-state index contributed by atoms with van der Waals surface area (Å²) < 4.78 is 5.59. The molecule has 2 rings (SSSR count). The second kappa shape index (κ2) is 10.7. The van der Waals surface area contributed by atoms with Gasteiger partial charge in [0.2, 0.25) is 0 Å². The molecule has 0 aromatic rings. The molecule has 2 aliphatic rings. The second-order valence-corrected chi connectivity index (χ2v) is 8.03. The zero-order chi connectivity index (χ0) is 20.0. The van der Waals surface area contributed by atoms with Crippen LogP contribution in [0.1, 0.15) is 65.2 Å². The molecule has 0 spiro atoms. The van der Waals surface area contributed by atoms with Crippen molar-refractivity contribution in [3.05, 3.63) is 11.6 Å². The van der Waals surface area contributed by atoms with Gasteiger partial charge < -0.3 is 25.2 Å². The Kier molecular flexibility index (Phi) is 8.89. The second-order valence-electron chi connectivity index (χ2n) is 8.03. The number of Topliss-reactive ketones (excluding diaryl/α,β-unsaturated/α-hetero) is 1. The van der Waals surface area contributed by atoms with E-state index in [4.69, 9.17) is 4.74 Å². The van der Waals surface area contributed by atoms with E-state index < -0.39 is 37.1 Å². The third-order valence-corrected chi connectivity index (χ3v) is 6.12. The summed E-state index contributed by atoms with van der Waals surface area (Å²) in [6, 6.07) is 0. The molecule has 0 aromatic heterocycles. The van der Waals surface area contributed by atoms with E-state index in [9.17, 15) is 25.2 Å². The standard InChI is InChI=1S/C21H36O6/c1-3-5-6-7-8-9-14-11-16(23)15(10-13(14)4-2)21-20(26)19(25)18(24)17(12-22)27-21/h10,13-14,17-22,24-26H,3-9,11-12H2,1-2H3. The van der Waals surface area contributed by atoms with Crippen molar-refractivity contribution in [2.75, 3.05) is 6.61 Å². The number of hydrogen-bond acceptors (Lipinski definition) is 6. The van der Waals surface area contributed by atoms with Crippen LogP contribution in [-0.4, -0.2) is 63.3 Å². The number of carbonyl (C=O) groups is 1. The molecular formula is C21H36O6. The summed E-state index contributed by atoms with van der Waals surface area (Å²) in [5.41, 5.74) is 0.376. The predicted molar refractivity (Wildman–Crippen MR) is 102 cm³/mol. The third-order valence-electron chi connectivity index (χ3n) is 6.12. The molecular weight excluding hydrogens is 348 g/mol. The molecule has 1 aliphatic carbocycles. The van der Waals surface area contributed by atoms with E-state index in [2.05, 4.69) is 13.8 Å². The van der Waals surface area contributed by atoms with Crippen molar-refractivity contribution in [1.82, 2.24) is 0 Å². The van der Waals surface area contributed by atoms with Gasteiger partial charge in [0.25, 0.3) is 0 Å². The van der Waals surface area contributed by atoms with E-state index in [1.165, 1.54) is 25.7 Å². The number of aliphatic hydroxyl groups is 4. The molecule has 0 radical (unpaired) electrons. The Morgan fingerprint density at radius 2 is 1.74 bits per heavy atom. The first-order valence-corrected chi connectivity index (χ1v) is 10.5. The van der Waals surface area contributed by atoms with Crippen LogP contribution in [0.4, 0.5) is 0 Å². The van der Waals surface area contributed by atoms with Gasteiger partial charge in [-0.25, -0.2) is 0 Å². The Bertz CT molecular complexity index is 503. The first-order chi connectivity index (χ1) is 12.9. The van der Waals surface area contributed by atoms with Crippen molar-refractivity contribution in [1.29, 1.82) is 0 Å². The molecule has 6 heteroatoms. The van der Waals surface area contributed by atoms with Crippen LogP contribution in [-0.2, 0) is 9.53 Å². The Morgan fingerprint density at radius 1 is 1.04 bits per heavy atom. The Hall–Kier alpha value is -0.790. The number of aliphatic hydroxyl groups excluding tert-OH is 4. The molecule has 156 valence electrons. The summed E-state index contributed by atoms with van der Waals surface area (Å²) in [5, 5.41) is 39.7. The smallest absolute Gasteiger partial charge is 0.161 e. The van der Waals surface area contributed by atoms with Gasteiger partial charge in [-0.1, -0.05) is 52.0 Å². The summed E-state index contributed by atoms with van der Waals surface area (Å²) >= 11 is 0. The van der Waals surface area contributed by atoms with Crippen molar-refractivity contribution < 1.29 is 30.0 Å². The highest BCUT2D eigenvalue weighted by atomic mass is 16.5. The molecule has 7 unspecified atom stereocenters. The van der Waals surface area contributed by atoms with Gasteiger partial charge in [-0.2, -0.15) is 0 Å². The van der Waals surface area contributed by atoms with Crippen LogP contribution in [0.2, 0.25) is 0 Å². The van der Waals surface area contributed by atoms with Gasteiger partial charge >= 0.3 is 0 Å². The fraction of sp³-hybridized carbons (Fsp3) is 0.857. The lowest BCUT2D eigenvalue weighted by atomic mass is 9.74. The fourth-order valence-corrected chi connectivity index (χ4v) is 4.36. The molecule has 0 aromatic carbocycles. The van der Waals surface area contributed by atoms with Crippen LogP contribution >= 0.6 is 0 Å². The van der Waals surface area contributed by atoms with E-state index in [-0.39, 0.29) is 11.7 Å². The van der Waals surface area contributed by atoms with E-state index in [0.29, 0.717) is 17.9 Å². The highest BCUT2D eigenvalue weighted by Gasteiger charge is 2.47. The maximum atomic E-state index is 12.8. The van der Waals surface area contributed by atoms with Crippen molar-refractivity contribution >= 4 is 5.78 Å². The van der Waals surface area contributed by atoms with Crippen molar-refractivity contribution in [3.63, 3.8) is 0 Å². The molecule has 7 atom stereocenters. The zero-order valence-corrected chi connectivity index (χ0v) is 16.6. The lowest BCUT2D eigenvalue weighted by Gasteiger charge is -2.42. The molecule has 0 bridgehead atoms. The molecule has 0 saturated carbocycles. The molecule has 4 N–H and O–H groups in total. The summed E-state index contributed by atoms with van der Waals surface area (Å²) in [7, 11) is 0. The molecule has 1 aliphatic heterocycles. The molecule has 1 heterocycles. The van der Waals surface area contributed by atoms with Crippen molar-refractivity contribution in [2.45, 2.75) is 95.7 Å². The molecule has 1 saturated heterocycles. The number of unbranched alkanes of at least 4 members (excludes halogenated alkanes) is 4. The van der Waals surface area contributed by atoms with Crippen LogP contribution in [0.15, 0.2) is 11.6 Å². The van der Waals surface area contributed by atoms with Crippen LogP contribution in [0.5, 0.6) is 0 Å². The molecule has 1 fully saturated rings. The number of ether oxygens (including phenoxy) is 1. The lowest BCUT2D eigenvalue weighted by Crippen LogP contribution is -2.59. The van der Waals surface area contributed by atoms with Crippen LogP contribution in [0.25, 0.3) is 0 Å². The average molecular weight is 385 g/mol. The van der Waals surface area contributed by atoms with Crippen LogP contribution in [0.3, 0.4) is 0 Å². The SMILES string of the molecule is CCCCCCCC1CC(=O)C(C2OC(CO)C(O)C(O)C2O)=CC1CC. The quantitative estimate of drug-likeness (QED) is 0.451. The average Bonchev–Trinajstić information content (AvgIpc) is 2.67. The number of allylic oxidation sites excluding steroid dienone is 1. The lowest BCUT2D eigenvalue weighted by molar-refractivity contribution is -0.220. The van der Waals surface area contributed by atoms with Gasteiger partial charge in [-0.05, 0) is 24.7 Å². The van der Waals surface area contributed by atoms with Crippen molar-refractivity contribution in [3.8, 4) is 0 Å². The Morgan fingerprint density at radius 3 is 2.37 bits per heavy atom. The minimum Gasteiger partial charge on any atom is -0.394 e. The third kappa shape index (κ3) is 5.39. The molecule has 27 heavy (non-hydrogen) atoms. The number of ketones is 1. The summed E-state index contributed by atoms with van der Waals surface area (Å²) in [5.74, 6) is 0.469. The summed E-state index contributed by atoms with van der Waals surface area (Å²) in [4.78, 5) is 12.8. The Balaban J connectivity index is 2.07. The number of rotatable bonds is 9. The number of hydrogen-bond donors (Lipinski definition) is 4. The molecule has 0 amide bonds. The maximum Gasteiger partial charge on any atom is 0.161 e. The van der Waals surface area contributed by atoms with Crippen LogP contribution < -0.4 is 0 Å². The largest absolute Gasteiger partial charge is 0.394 e. The van der Waals surface area contributed by atoms with Gasteiger partial charge in [0.05, 0.1) is 6.61 Å². The highest BCUT2D eigenvalue weighted by molar-refractivity contribution is 5.97. The van der Waals surface area contributed by atoms with E-state index in [1.807, 2.05) is 6.08 Å². The van der Waals surface area contributed by atoms with Crippen LogP contribution in [0, 0.1) is 11.8 Å². The minimum absolute atomic E-state index is 0.0670. The summed E-state index contributed by atoms with van der Waals surface area (Å²) in [6.07, 6.45) is 4.02.